The standard InChI is InChI=1S/C12H11IN2O/c1-8-3-2-4-9(5-8)6-11-14-7-10(13)12(16)15-11/h2-5,7H,6H2,1H3,(H,14,15,16). The Morgan fingerprint density at radius 2 is 2.25 bits per heavy atom. The van der Waals surface area contributed by atoms with Crippen LogP contribution in [0.5, 0.6) is 0 Å². The van der Waals surface area contributed by atoms with Gasteiger partial charge < -0.3 is 4.98 Å². The number of benzene rings is 1. The van der Waals surface area contributed by atoms with Gasteiger partial charge in [0.05, 0.1) is 3.57 Å². The predicted octanol–water partition coefficient (Wildman–Crippen LogP) is 2.27. The molecule has 0 saturated heterocycles. The van der Waals surface area contributed by atoms with Gasteiger partial charge in [0.25, 0.3) is 5.56 Å². The predicted molar refractivity (Wildman–Crippen MR) is 71.6 cm³/mol. The highest BCUT2D eigenvalue weighted by Crippen LogP contribution is 2.07. The number of H-pyrrole nitrogens is 1. The third kappa shape index (κ3) is 2.69. The number of aromatic nitrogens is 2. The number of aromatic amines is 1. The molecule has 0 radical (unpaired) electrons. The molecule has 0 saturated carbocycles. The van der Waals surface area contributed by atoms with Crippen LogP contribution in [0.1, 0.15) is 17.0 Å². The summed E-state index contributed by atoms with van der Waals surface area (Å²) >= 11 is 1.97. The van der Waals surface area contributed by atoms with Crippen LogP contribution in [-0.4, -0.2) is 9.97 Å². The Morgan fingerprint density at radius 3 is 2.94 bits per heavy atom. The maximum Gasteiger partial charge on any atom is 0.264 e. The summed E-state index contributed by atoms with van der Waals surface area (Å²) in [5.41, 5.74) is 2.30. The molecular formula is C12H11IN2O. The van der Waals surface area contributed by atoms with E-state index in [2.05, 4.69) is 16.0 Å². The van der Waals surface area contributed by atoms with Crippen molar-refractivity contribution in [3.8, 4) is 0 Å². The SMILES string of the molecule is Cc1cccc(Cc2ncc(I)c(=O)[nH]2)c1. The molecule has 0 aliphatic rings. The van der Waals surface area contributed by atoms with Crippen molar-refractivity contribution < 1.29 is 0 Å². The van der Waals surface area contributed by atoms with Gasteiger partial charge in [0.15, 0.2) is 0 Å². The molecule has 3 nitrogen and oxygen atoms in total. The average molecular weight is 326 g/mol. The van der Waals surface area contributed by atoms with Crippen LogP contribution < -0.4 is 5.56 Å². The van der Waals surface area contributed by atoms with Crippen molar-refractivity contribution in [2.45, 2.75) is 13.3 Å². The molecule has 4 heteroatoms. The first-order chi connectivity index (χ1) is 7.65. The van der Waals surface area contributed by atoms with Crippen LogP contribution in [0.4, 0.5) is 0 Å². The molecule has 0 unspecified atom stereocenters. The smallest absolute Gasteiger partial charge is 0.264 e. The molecule has 0 aliphatic heterocycles. The van der Waals surface area contributed by atoms with E-state index in [0.717, 1.165) is 5.56 Å². The van der Waals surface area contributed by atoms with E-state index in [1.54, 1.807) is 6.20 Å². The van der Waals surface area contributed by atoms with Gasteiger partial charge in [0.1, 0.15) is 5.82 Å². The van der Waals surface area contributed by atoms with Crippen LogP contribution in [0.15, 0.2) is 35.3 Å². The second-order valence-electron chi connectivity index (χ2n) is 3.67. The Kier molecular flexibility index (Phi) is 3.38. The number of hydrogen-bond donors (Lipinski definition) is 1. The number of rotatable bonds is 2. The van der Waals surface area contributed by atoms with Crippen molar-refractivity contribution in [2.75, 3.05) is 0 Å². The van der Waals surface area contributed by atoms with Crippen LogP contribution >= 0.6 is 22.6 Å². The molecule has 0 bridgehead atoms. The Bertz CT molecular complexity index is 563. The van der Waals surface area contributed by atoms with Gasteiger partial charge in [-0.1, -0.05) is 29.8 Å². The summed E-state index contributed by atoms with van der Waals surface area (Å²) in [4.78, 5) is 18.4. The highest BCUT2D eigenvalue weighted by molar-refractivity contribution is 14.1. The van der Waals surface area contributed by atoms with Crippen molar-refractivity contribution in [1.29, 1.82) is 0 Å². The minimum atomic E-state index is -0.0711. The zero-order valence-electron chi connectivity index (χ0n) is 8.83. The van der Waals surface area contributed by atoms with Crippen LogP contribution in [0.2, 0.25) is 0 Å². The van der Waals surface area contributed by atoms with E-state index in [-0.39, 0.29) is 5.56 Å². The molecule has 1 N–H and O–H groups in total. The molecule has 0 amide bonds. The molecule has 0 atom stereocenters. The lowest BCUT2D eigenvalue weighted by atomic mass is 10.1. The number of halogens is 1. The third-order valence-corrected chi connectivity index (χ3v) is 3.03. The number of nitrogens with zero attached hydrogens (tertiary/aromatic N) is 1. The first-order valence-corrected chi connectivity index (χ1v) is 6.02. The molecule has 0 spiro atoms. The zero-order chi connectivity index (χ0) is 11.5. The Morgan fingerprint density at radius 1 is 1.44 bits per heavy atom. The van der Waals surface area contributed by atoms with Crippen LogP contribution in [0.25, 0.3) is 0 Å². The van der Waals surface area contributed by atoms with Crippen molar-refractivity contribution in [3.63, 3.8) is 0 Å². The summed E-state index contributed by atoms with van der Waals surface area (Å²) in [6.07, 6.45) is 2.26. The van der Waals surface area contributed by atoms with E-state index in [9.17, 15) is 4.79 Å². The fourth-order valence-electron chi connectivity index (χ4n) is 1.52. The van der Waals surface area contributed by atoms with Crippen molar-refractivity contribution in [2.24, 2.45) is 0 Å². The van der Waals surface area contributed by atoms with E-state index in [4.69, 9.17) is 0 Å². The van der Waals surface area contributed by atoms with E-state index in [1.165, 1.54) is 5.56 Å². The van der Waals surface area contributed by atoms with Gasteiger partial charge in [-0.15, -0.1) is 0 Å². The summed E-state index contributed by atoms with van der Waals surface area (Å²) < 4.78 is 0.616. The minimum absolute atomic E-state index is 0.0711. The highest BCUT2D eigenvalue weighted by Gasteiger charge is 2.01. The fraction of sp³-hybridized carbons (Fsp3) is 0.167. The topological polar surface area (TPSA) is 45.8 Å². The van der Waals surface area contributed by atoms with Gasteiger partial charge >= 0.3 is 0 Å². The van der Waals surface area contributed by atoms with Crippen molar-refractivity contribution in [3.05, 3.63) is 61.3 Å². The quantitative estimate of drug-likeness (QED) is 0.861. The molecule has 1 heterocycles. The average Bonchev–Trinajstić information content (AvgIpc) is 2.24. The Hall–Kier alpha value is -1.17. The first-order valence-electron chi connectivity index (χ1n) is 4.94. The van der Waals surface area contributed by atoms with Gasteiger partial charge in [-0.2, -0.15) is 0 Å². The zero-order valence-corrected chi connectivity index (χ0v) is 11.0. The van der Waals surface area contributed by atoms with E-state index in [1.807, 2.05) is 47.7 Å². The number of hydrogen-bond acceptors (Lipinski definition) is 2. The van der Waals surface area contributed by atoms with E-state index >= 15 is 0 Å². The largest absolute Gasteiger partial charge is 0.309 e. The fourth-order valence-corrected chi connectivity index (χ4v) is 1.80. The van der Waals surface area contributed by atoms with E-state index in [0.29, 0.717) is 15.8 Å². The summed E-state index contributed by atoms with van der Waals surface area (Å²) in [5, 5.41) is 0. The number of aryl methyl sites for hydroxylation is 1. The molecule has 2 aromatic rings. The Balaban J connectivity index is 2.27. The molecule has 1 aromatic carbocycles. The van der Waals surface area contributed by atoms with Gasteiger partial charge in [-0.25, -0.2) is 4.98 Å². The van der Waals surface area contributed by atoms with Gasteiger partial charge in [0, 0.05) is 12.6 Å². The van der Waals surface area contributed by atoms with Crippen LogP contribution in [0, 0.1) is 10.5 Å². The van der Waals surface area contributed by atoms with Crippen LogP contribution in [-0.2, 0) is 6.42 Å². The number of nitrogens with one attached hydrogen (secondary N) is 1. The Labute approximate surface area is 107 Å². The van der Waals surface area contributed by atoms with Gasteiger partial charge in [-0.3, -0.25) is 4.79 Å². The lowest BCUT2D eigenvalue weighted by Gasteiger charge is -2.02. The normalized spacial score (nSPS) is 10.4. The first kappa shape index (κ1) is 11.3. The monoisotopic (exact) mass is 326 g/mol. The van der Waals surface area contributed by atoms with Crippen molar-refractivity contribution >= 4 is 22.6 Å². The van der Waals surface area contributed by atoms with Crippen molar-refractivity contribution in [1.82, 2.24) is 9.97 Å². The molecule has 0 fully saturated rings. The molecule has 16 heavy (non-hydrogen) atoms. The van der Waals surface area contributed by atoms with E-state index < -0.39 is 0 Å². The molecule has 1 aromatic heterocycles. The lowest BCUT2D eigenvalue weighted by molar-refractivity contribution is 0.936. The molecule has 2 rings (SSSR count). The van der Waals surface area contributed by atoms with Gasteiger partial charge in [-0.05, 0) is 35.1 Å². The highest BCUT2D eigenvalue weighted by atomic mass is 127. The summed E-state index contributed by atoms with van der Waals surface area (Å²) in [6.45, 7) is 2.05. The maximum absolute atomic E-state index is 11.4. The molecule has 82 valence electrons. The van der Waals surface area contributed by atoms with Crippen LogP contribution in [0.3, 0.4) is 0 Å². The lowest BCUT2D eigenvalue weighted by Crippen LogP contribution is -2.13. The second-order valence-corrected chi connectivity index (χ2v) is 4.83. The third-order valence-electron chi connectivity index (χ3n) is 2.26. The maximum atomic E-state index is 11.4. The minimum Gasteiger partial charge on any atom is -0.309 e. The summed E-state index contributed by atoms with van der Waals surface area (Å²) in [5.74, 6) is 0.705. The molecule has 0 aliphatic carbocycles. The summed E-state index contributed by atoms with van der Waals surface area (Å²) in [7, 11) is 0. The summed E-state index contributed by atoms with van der Waals surface area (Å²) in [6, 6.07) is 8.19. The second kappa shape index (κ2) is 4.78. The molecular weight excluding hydrogens is 315 g/mol. The van der Waals surface area contributed by atoms with Gasteiger partial charge in [0.2, 0.25) is 0 Å².